The Morgan fingerprint density at radius 3 is 2.50 bits per heavy atom. The molecule has 30 heavy (non-hydrogen) atoms. The van der Waals surface area contributed by atoms with Crippen LogP contribution in [0, 0.1) is 0 Å². The SMILES string of the molecule is C=C(C)C(=O)Cc1ccc(S(=O)(=O)NC(=O)CCSc2nc3ccccc3s2)cc1. The molecule has 3 aromatic rings. The molecule has 0 bridgehead atoms. The lowest BCUT2D eigenvalue weighted by Crippen LogP contribution is -2.30. The molecule has 0 aliphatic carbocycles. The molecular weight excluding hydrogens is 440 g/mol. The Kier molecular flexibility index (Phi) is 7.06. The first-order valence-corrected chi connectivity index (χ1v) is 12.3. The first kappa shape index (κ1) is 22.2. The largest absolute Gasteiger partial charge is 0.294 e. The van der Waals surface area contributed by atoms with Crippen molar-refractivity contribution in [2.45, 2.75) is 29.0 Å². The van der Waals surface area contributed by atoms with Gasteiger partial charge in [-0.2, -0.15) is 0 Å². The average Bonchev–Trinajstić information content (AvgIpc) is 3.10. The molecule has 1 heterocycles. The molecule has 0 spiro atoms. The second-order valence-corrected chi connectivity index (χ2v) is 10.7. The topological polar surface area (TPSA) is 93.2 Å². The summed E-state index contributed by atoms with van der Waals surface area (Å²) in [7, 11) is -3.96. The number of aromatic nitrogens is 1. The highest BCUT2D eigenvalue weighted by Gasteiger charge is 2.18. The molecule has 1 N–H and O–H groups in total. The number of thiazole rings is 1. The fourth-order valence-electron chi connectivity index (χ4n) is 2.53. The van der Waals surface area contributed by atoms with Gasteiger partial charge in [0.25, 0.3) is 10.0 Å². The molecular formula is C21H20N2O4S3. The molecule has 0 saturated heterocycles. The maximum atomic E-state index is 12.4. The van der Waals surface area contributed by atoms with Crippen LogP contribution in [0.4, 0.5) is 0 Å². The summed E-state index contributed by atoms with van der Waals surface area (Å²) in [6.45, 7) is 5.23. The molecule has 0 atom stereocenters. The molecule has 6 nitrogen and oxygen atoms in total. The summed E-state index contributed by atoms with van der Waals surface area (Å²) in [5.41, 5.74) is 2.04. The van der Waals surface area contributed by atoms with Crippen molar-refractivity contribution in [3.8, 4) is 0 Å². The average molecular weight is 461 g/mol. The van der Waals surface area contributed by atoms with Crippen LogP contribution >= 0.6 is 23.1 Å². The van der Waals surface area contributed by atoms with Gasteiger partial charge in [0, 0.05) is 18.6 Å². The van der Waals surface area contributed by atoms with Crippen LogP contribution in [-0.2, 0) is 26.0 Å². The summed E-state index contributed by atoms with van der Waals surface area (Å²) in [4.78, 5) is 28.3. The normalized spacial score (nSPS) is 11.4. The number of amides is 1. The number of carbonyl (C=O) groups is 2. The van der Waals surface area contributed by atoms with Gasteiger partial charge in [0.15, 0.2) is 10.1 Å². The Morgan fingerprint density at radius 1 is 1.13 bits per heavy atom. The number of nitrogens with one attached hydrogen (secondary N) is 1. The summed E-state index contributed by atoms with van der Waals surface area (Å²) in [5.74, 6) is -0.266. The highest BCUT2D eigenvalue weighted by atomic mass is 32.2. The summed E-state index contributed by atoms with van der Waals surface area (Å²) in [5, 5.41) is 0. The zero-order valence-electron chi connectivity index (χ0n) is 16.3. The quantitative estimate of drug-likeness (QED) is 0.384. The van der Waals surface area contributed by atoms with Crippen LogP contribution in [0.1, 0.15) is 18.9 Å². The summed E-state index contributed by atoms with van der Waals surface area (Å²) in [6, 6.07) is 13.6. The molecule has 3 rings (SSSR count). The first-order valence-electron chi connectivity index (χ1n) is 9.06. The third-order valence-electron chi connectivity index (χ3n) is 4.15. The number of ketones is 1. The van der Waals surface area contributed by atoms with Gasteiger partial charge in [-0.3, -0.25) is 9.59 Å². The van der Waals surface area contributed by atoms with Gasteiger partial charge < -0.3 is 0 Å². The maximum Gasteiger partial charge on any atom is 0.264 e. The molecule has 0 radical (unpaired) electrons. The van der Waals surface area contributed by atoms with Crippen molar-refractivity contribution in [1.82, 2.24) is 9.71 Å². The van der Waals surface area contributed by atoms with Crippen LogP contribution < -0.4 is 4.72 Å². The Labute approximate surface area is 183 Å². The van der Waals surface area contributed by atoms with Crippen LogP contribution in [0.25, 0.3) is 10.2 Å². The minimum atomic E-state index is -3.96. The highest BCUT2D eigenvalue weighted by molar-refractivity contribution is 8.01. The number of carbonyl (C=O) groups excluding carboxylic acids is 2. The third-order valence-corrected chi connectivity index (χ3v) is 7.72. The predicted molar refractivity (Wildman–Crippen MR) is 120 cm³/mol. The number of fused-ring (bicyclic) bond motifs is 1. The summed E-state index contributed by atoms with van der Waals surface area (Å²) in [6.07, 6.45) is 0.204. The van der Waals surface area contributed by atoms with E-state index >= 15 is 0 Å². The first-order chi connectivity index (χ1) is 14.2. The molecule has 1 aromatic heterocycles. The molecule has 0 saturated carbocycles. The van der Waals surface area contributed by atoms with Crippen molar-refractivity contribution in [3.05, 3.63) is 66.2 Å². The fraction of sp³-hybridized carbons (Fsp3) is 0.190. The van der Waals surface area contributed by atoms with Crippen molar-refractivity contribution >= 4 is 55.0 Å². The van der Waals surface area contributed by atoms with E-state index in [4.69, 9.17) is 0 Å². The molecule has 2 aromatic carbocycles. The van der Waals surface area contributed by atoms with Gasteiger partial charge >= 0.3 is 0 Å². The Hall–Kier alpha value is -2.49. The van der Waals surface area contributed by atoms with Gasteiger partial charge in [-0.05, 0) is 42.3 Å². The van der Waals surface area contributed by atoms with E-state index in [1.165, 1.54) is 35.2 Å². The van der Waals surface area contributed by atoms with Crippen LogP contribution in [0.2, 0.25) is 0 Å². The Bertz CT molecular complexity index is 1170. The van der Waals surface area contributed by atoms with E-state index in [2.05, 4.69) is 16.3 Å². The Balaban J connectivity index is 1.53. The second kappa shape index (κ2) is 9.55. The van der Waals surface area contributed by atoms with Gasteiger partial charge in [0.1, 0.15) is 0 Å². The maximum absolute atomic E-state index is 12.4. The number of benzene rings is 2. The minimum Gasteiger partial charge on any atom is -0.294 e. The van der Waals surface area contributed by atoms with Crippen LogP contribution in [-0.4, -0.2) is 30.8 Å². The standard InChI is InChI=1S/C21H20N2O4S3/c1-14(2)18(24)13-15-7-9-16(10-8-15)30(26,27)23-20(25)11-12-28-21-22-17-5-3-4-6-19(17)29-21/h3-10H,1,11-13H2,2H3,(H,23,25). The number of hydrogen-bond donors (Lipinski definition) is 1. The van der Waals surface area contributed by atoms with E-state index in [1.807, 2.05) is 24.3 Å². The van der Waals surface area contributed by atoms with Gasteiger partial charge in [0.05, 0.1) is 15.1 Å². The van der Waals surface area contributed by atoms with Gasteiger partial charge in [-0.25, -0.2) is 18.1 Å². The zero-order chi connectivity index (χ0) is 21.7. The molecule has 1 amide bonds. The van der Waals surface area contributed by atoms with Gasteiger partial charge in [-0.15, -0.1) is 11.3 Å². The summed E-state index contributed by atoms with van der Waals surface area (Å²) < 4.78 is 28.8. The van der Waals surface area contributed by atoms with E-state index in [-0.39, 0.29) is 23.5 Å². The number of allylic oxidation sites excluding steroid dienone is 1. The van der Waals surface area contributed by atoms with Gasteiger partial charge in [0.2, 0.25) is 5.91 Å². The molecule has 0 unspecified atom stereocenters. The van der Waals surface area contributed by atoms with E-state index in [0.717, 1.165) is 14.6 Å². The van der Waals surface area contributed by atoms with E-state index in [0.29, 0.717) is 16.9 Å². The third kappa shape index (κ3) is 5.78. The fourth-order valence-corrected chi connectivity index (χ4v) is 5.62. The minimum absolute atomic E-state index is 0.0267. The lowest BCUT2D eigenvalue weighted by atomic mass is 10.1. The molecule has 0 aliphatic rings. The number of sulfonamides is 1. The van der Waals surface area contributed by atoms with Crippen molar-refractivity contribution in [2.24, 2.45) is 0 Å². The monoisotopic (exact) mass is 460 g/mol. The number of nitrogens with zero attached hydrogens (tertiary/aromatic N) is 1. The number of rotatable bonds is 9. The zero-order valence-corrected chi connectivity index (χ0v) is 18.7. The number of thioether (sulfide) groups is 1. The number of hydrogen-bond acceptors (Lipinski definition) is 7. The van der Waals surface area contributed by atoms with Crippen LogP contribution in [0.3, 0.4) is 0 Å². The van der Waals surface area contributed by atoms with Crippen LogP contribution in [0.15, 0.2) is 69.9 Å². The van der Waals surface area contributed by atoms with Crippen molar-refractivity contribution in [1.29, 1.82) is 0 Å². The van der Waals surface area contributed by atoms with Crippen LogP contribution in [0.5, 0.6) is 0 Å². The van der Waals surface area contributed by atoms with Crippen molar-refractivity contribution in [3.63, 3.8) is 0 Å². The lowest BCUT2D eigenvalue weighted by Gasteiger charge is -2.08. The molecule has 9 heteroatoms. The number of para-hydroxylation sites is 1. The second-order valence-electron chi connectivity index (χ2n) is 6.60. The molecule has 0 aliphatic heterocycles. The Morgan fingerprint density at radius 2 is 1.83 bits per heavy atom. The predicted octanol–water partition coefficient (Wildman–Crippen LogP) is 3.97. The van der Waals surface area contributed by atoms with Crippen molar-refractivity contribution < 1.29 is 18.0 Å². The van der Waals surface area contributed by atoms with E-state index in [1.54, 1.807) is 19.1 Å². The lowest BCUT2D eigenvalue weighted by molar-refractivity contribution is -0.119. The number of Topliss-reactive ketones (excluding diaryl/α,β-unsaturated/α-hetero) is 1. The van der Waals surface area contributed by atoms with Gasteiger partial charge in [-0.1, -0.05) is 42.6 Å². The molecule has 0 fully saturated rings. The smallest absolute Gasteiger partial charge is 0.264 e. The van der Waals surface area contributed by atoms with E-state index in [9.17, 15) is 18.0 Å². The summed E-state index contributed by atoms with van der Waals surface area (Å²) >= 11 is 2.96. The van der Waals surface area contributed by atoms with E-state index < -0.39 is 15.9 Å². The molecule has 156 valence electrons. The van der Waals surface area contributed by atoms with Crippen molar-refractivity contribution in [2.75, 3.05) is 5.75 Å². The highest BCUT2D eigenvalue weighted by Crippen LogP contribution is 2.29.